The first kappa shape index (κ1) is 19.4. The van der Waals surface area contributed by atoms with Crippen LogP contribution in [0.5, 0.6) is 0 Å². The number of hydrogen-bond donors (Lipinski definition) is 0. The molecule has 0 aliphatic heterocycles. The van der Waals surface area contributed by atoms with Gasteiger partial charge in [0.15, 0.2) is 0 Å². The van der Waals surface area contributed by atoms with Crippen LogP contribution in [0, 0.1) is 18.1 Å². The molecule has 0 nitrogen and oxygen atoms in total. The molecule has 2 aliphatic carbocycles. The molecule has 0 atom stereocenters. The Labute approximate surface area is 153 Å². The molecule has 0 amide bonds. The maximum Gasteiger partial charge on any atom is -0.171 e. The average molecular weight is 406 g/mol. The molecule has 116 valence electrons. The Morgan fingerprint density at radius 3 is 1.48 bits per heavy atom. The molecule has 4 rings (SSSR count). The maximum absolute atomic E-state index is 4.57. The summed E-state index contributed by atoms with van der Waals surface area (Å²) in [5, 5.41) is 0. The Kier molecular flexibility index (Phi) is 11.7. The fourth-order valence-corrected chi connectivity index (χ4v) is 1.75. The van der Waals surface area contributed by atoms with Gasteiger partial charge in [0, 0.05) is 5.92 Å². The van der Waals surface area contributed by atoms with Gasteiger partial charge in [-0.15, -0.1) is 0 Å². The van der Waals surface area contributed by atoms with Gasteiger partial charge in [0.25, 0.3) is 0 Å². The van der Waals surface area contributed by atoms with Crippen molar-refractivity contribution in [1.29, 1.82) is 0 Å². The number of fused-ring (bicyclic) bond motifs is 1. The quantitative estimate of drug-likeness (QED) is 0.381. The topological polar surface area (TPSA) is 0 Å². The van der Waals surface area contributed by atoms with E-state index in [0.717, 1.165) is 0 Å². The van der Waals surface area contributed by atoms with Crippen LogP contribution >= 0.6 is 9.69 Å². The third-order valence-electron chi connectivity index (χ3n) is 2.76. The molecule has 0 spiro atoms. The van der Waals surface area contributed by atoms with Gasteiger partial charge in [-0.3, -0.25) is 0 Å². The van der Waals surface area contributed by atoms with E-state index in [4.69, 9.17) is 0 Å². The van der Waals surface area contributed by atoms with Crippen molar-refractivity contribution in [2.24, 2.45) is 0 Å². The van der Waals surface area contributed by atoms with Crippen LogP contribution in [0.1, 0.15) is 0 Å². The summed E-state index contributed by atoms with van der Waals surface area (Å²) in [6.45, 7) is 0. The van der Waals surface area contributed by atoms with Crippen molar-refractivity contribution >= 4 is 9.69 Å². The predicted octanol–water partition coefficient (Wildman–Crippen LogP) is 5.84. The molecule has 0 fully saturated rings. The van der Waals surface area contributed by atoms with E-state index < -0.39 is 0 Å². The second-order valence-electron chi connectivity index (χ2n) is 4.31. The van der Waals surface area contributed by atoms with Crippen LogP contribution in [0.2, 0.25) is 0 Å². The molecule has 0 saturated carbocycles. The van der Waals surface area contributed by atoms with Crippen molar-refractivity contribution in [3.05, 3.63) is 127 Å². The molecule has 2 heteroatoms. The third kappa shape index (κ3) is 9.13. The van der Waals surface area contributed by atoms with Crippen LogP contribution in [0.3, 0.4) is 0 Å². The van der Waals surface area contributed by atoms with E-state index in [1.165, 1.54) is 11.5 Å². The molecule has 1 radical (unpaired) electrons. The van der Waals surface area contributed by atoms with Crippen LogP contribution in [-0.2, 0) is 17.3 Å². The molecule has 0 aromatic heterocycles. The van der Waals surface area contributed by atoms with E-state index >= 15 is 0 Å². The maximum atomic E-state index is 4.57. The normalized spacial score (nSPS) is 13.2. The Hall–Kier alpha value is -1.69. The molecule has 0 bridgehead atoms. The number of benzene rings is 2. The third-order valence-corrected chi connectivity index (χ3v) is 2.76. The summed E-state index contributed by atoms with van der Waals surface area (Å²) < 4.78 is 0. The zero-order valence-electron chi connectivity index (χ0n) is 12.5. The van der Waals surface area contributed by atoms with Gasteiger partial charge in [0.1, 0.15) is 0 Å². The summed E-state index contributed by atoms with van der Waals surface area (Å²) in [5.74, 6) is 1.33. The van der Waals surface area contributed by atoms with E-state index in [1.54, 1.807) is 0 Å². The molecule has 2 aromatic carbocycles. The van der Waals surface area contributed by atoms with Crippen molar-refractivity contribution in [2.75, 3.05) is 0 Å². The molecule has 0 saturated heterocycles. The first-order valence-electron chi connectivity index (χ1n) is 7.03. The minimum Gasteiger partial charge on any atom is -0.184 e. The van der Waals surface area contributed by atoms with Gasteiger partial charge in [-0.2, -0.15) is 72.8 Å². The number of rotatable bonds is 0. The molecule has 0 unspecified atom stereocenters. The van der Waals surface area contributed by atoms with E-state index in [2.05, 4.69) is 64.4 Å². The fourth-order valence-electron chi connectivity index (χ4n) is 1.75. The summed E-state index contributed by atoms with van der Waals surface area (Å²) >= 11 is 1.82. The summed E-state index contributed by atoms with van der Waals surface area (Å²) in [7, 11) is 4.57. The largest absolute Gasteiger partial charge is 0.184 e. The SMILES string of the molecule is C1=C[C]2C=CC=C2C=C1.[Cl][Ru+2].[c-]1ccccc1.[c-]1ccccc1. The van der Waals surface area contributed by atoms with Crippen molar-refractivity contribution in [3.8, 4) is 0 Å². The number of hydrogen-bond acceptors (Lipinski definition) is 0. The van der Waals surface area contributed by atoms with Crippen molar-refractivity contribution in [2.45, 2.75) is 0 Å². The first-order chi connectivity index (χ1) is 11.5. The molecule has 2 aromatic rings. The monoisotopic (exact) mass is 406 g/mol. The summed E-state index contributed by atoms with van der Waals surface area (Å²) in [4.78, 5) is 0. The molecule has 23 heavy (non-hydrogen) atoms. The van der Waals surface area contributed by atoms with Gasteiger partial charge in [0.2, 0.25) is 0 Å². The second-order valence-corrected chi connectivity index (χ2v) is 4.31. The van der Waals surface area contributed by atoms with Crippen LogP contribution in [0.4, 0.5) is 0 Å². The minimum absolute atomic E-state index is 1.33. The summed E-state index contributed by atoms with van der Waals surface area (Å²) in [6.07, 6.45) is 14.7. The van der Waals surface area contributed by atoms with E-state index in [0.29, 0.717) is 0 Å². The Morgan fingerprint density at radius 2 is 1.09 bits per heavy atom. The second kappa shape index (κ2) is 13.9. The van der Waals surface area contributed by atoms with E-state index in [9.17, 15) is 0 Å². The zero-order valence-corrected chi connectivity index (χ0v) is 15.0. The van der Waals surface area contributed by atoms with Crippen LogP contribution in [0.25, 0.3) is 0 Å². The smallest absolute Gasteiger partial charge is 0.171 e. The first-order valence-corrected chi connectivity index (χ1v) is 9.26. The standard InChI is InChI=1S/C9H7.2C6H5.ClH.Ru/c1-2-5-9-7-3-6-8(9)4-1;2*1-2-4-6-5-3-1;;/h1-7H;2*1-5H;1H;/q;2*-1;;+3/p-1. The minimum atomic E-state index is 1.33. The van der Waals surface area contributed by atoms with Crippen molar-refractivity contribution in [1.82, 2.24) is 0 Å². The van der Waals surface area contributed by atoms with E-state index in [1.807, 2.05) is 78.0 Å². The van der Waals surface area contributed by atoms with Crippen LogP contribution in [-0.4, -0.2) is 0 Å². The van der Waals surface area contributed by atoms with Gasteiger partial charge < -0.3 is 0 Å². The summed E-state index contributed by atoms with van der Waals surface area (Å²) in [6, 6.07) is 25.0. The number of allylic oxidation sites excluding steroid dienone is 8. The van der Waals surface area contributed by atoms with Gasteiger partial charge in [-0.1, -0.05) is 42.5 Å². The van der Waals surface area contributed by atoms with Crippen LogP contribution < -0.4 is 0 Å². The molecular weight excluding hydrogens is 389 g/mol. The molecule has 0 heterocycles. The van der Waals surface area contributed by atoms with Crippen molar-refractivity contribution < 1.29 is 17.3 Å². The van der Waals surface area contributed by atoms with E-state index in [-0.39, 0.29) is 0 Å². The Balaban J connectivity index is 0.000000169. The van der Waals surface area contributed by atoms with Gasteiger partial charge in [-0.25, -0.2) is 0 Å². The van der Waals surface area contributed by atoms with Crippen molar-refractivity contribution in [3.63, 3.8) is 0 Å². The van der Waals surface area contributed by atoms with Gasteiger partial charge in [-0.05, 0) is 5.57 Å². The molecule has 2 aliphatic rings. The van der Waals surface area contributed by atoms with Crippen LogP contribution in [0.15, 0.2) is 109 Å². The van der Waals surface area contributed by atoms with Gasteiger partial charge >= 0.3 is 27.0 Å². The number of halogens is 1. The Morgan fingerprint density at radius 1 is 0.609 bits per heavy atom. The zero-order chi connectivity index (χ0) is 16.6. The predicted molar refractivity (Wildman–Crippen MR) is 95.2 cm³/mol. The molecule has 0 N–H and O–H groups in total. The molecular formula is C21H17ClRu. The average Bonchev–Trinajstić information content (AvgIpc) is 3.16. The fraction of sp³-hybridized carbons (Fsp3) is 0. The summed E-state index contributed by atoms with van der Waals surface area (Å²) in [5.41, 5.74) is 1.33. The van der Waals surface area contributed by atoms with Gasteiger partial charge in [0.05, 0.1) is 0 Å². The Bertz CT molecular complexity index is 528.